The first-order valence-corrected chi connectivity index (χ1v) is 8.37. The SMILES string of the molecule is C[C@@H]1CCCC[C@@H]1NC(=O)CN1C(=O)[C@H]2CC=CC[C@H]2C1=O. The Morgan fingerprint density at radius 3 is 2.32 bits per heavy atom. The van der Waals surface area contributed by atoms with Gasteiger partial charge in [-0.2, -0.15) is 0 Å². The highest BCUT2D eigenvalue weighted by Gasteiger charge is 2.47. The van der Waals surface area contributed by atoms with E-state index < -0.39 is 0 Å². The molecular formula is C17H24N2O3. The highest BCUT2D eigenvalue weighted by molar-refractivity contribution is 6.07. The lowest BCUT2D eigenvalue weighted by Gasteiger charge is -2.30. The molecule has 0 radical (unpaired) electrons. The van der Waals surface area contributed by atoms with Crippen LogP contribution in [0.3, 0.4) is 0 Å². The third-order valence-corrected chi connectivity index (χ3v) is 5.36. The van der Waals surface area contributed by atoms with Crippen LogP contribution in [0.2, 0.25) is 0 Å². The van der Waals surface area contributed by atoms with E-state index in [-0.39, 0.29) is 42.1 Å². The van der Waals surface area contributed by atoms with Crippen LogP contribution in [-0.4, -0.2) is 35.2 Å². The number of rotatable bonds is 3. The van der Waals surface area contributed by atoms with Gasteiger partial charge in [-0.15, -0.1) is 0 Å². The van der Waals surface area contributed by atoms with E-state index in [1.54, 1.807) is 0 Å². The van der Waals surface area contributed by atoms with Crippen molar-refractivity contribution in [2.45, 2.75) is 51.5 Å². The summed E-state index contributed by atoms with van der Waals surface area (Å²) in [6.45, 7) is 2.03. The average molecular weight is 304 g/mol. The second-order valence-corrected chi connectivity index (χ2v) is 6.85. The summed E-state index contributed by atoms with van der Waals surface area (Å²) in [5.74, 6) is -0.586. The Kier molecular flexibility index (Phi) is 4.32. The lowest BCUT2D eigenvalue weighted by Crippen LogP contribution is -2.47. The molecule has 0 spiro atoms. The number of carbonyl (C=O) groups is 3. The Balaban J connectivity index is 1.59. The molecule has 0 aromatic carbocycles. The number of fused-ring (bicyclic) bond motifs is 1. The Morgan fingerprint density at radius 1 is 1.14 bits per heavy atom. The summed E-state index contributed by atoms with van der Waals surface area (Å²) >= 11 is 0. The van der Waals surface area contributed by atoms with Gasteiger partial charge in [0.15, 0.2) is 0 Å². The molecule has 1 N–H and O–H groups in total. The minimum absolute atomic E-state index is 0.117. The molecule has 1 saturated heterocycles. The van der Waals surface area contributed by atoms with Crippen LogP contribution in [0.4, 0.5) is 0 Å². The van der Waals surface area contributed by atoms with E-state index in [4.69, 9.17) is 0 Å². The fourth-order valence-corrected chi connectivity index (χ4v) is 3.95. The molecule has 120 valence electrons. The van der Waals surface area contributed by atoms with Gasteiger partial charge in [0.2, 0.25) is 17.7 Å². The number of nitrogens with one attached hydrogen (secondary N) is 1. The average Bonchev–Trinajstić information content (AvgIpc) is 2.75. The van der Waals surface area contributed by atoms with Gasteiger partial charge in [-0.3, -0.25) is 19.3 Å². The van der Waals surface area contributed by atoms with Crippen LogP contribution >= 0.6 is 0 Å². The maximum atomic E-state index is 12.3. The zero-order chi connectivity index (χ0) is 15.7. The molecular weight excluding hydrogens is 280 g/mol. The standard InChI is InChI=1S/C17H24N2O3/c1-11-6-2-5-9-14(11)18-15(20)10-19-16(21)12-7-3-4-8-13(12)17(19)22/h3-4,11-14H,2,5-10H2,1H3,(H,18,20)/t11-,12-,13+,14+/m1/s1. The van der Waals surface area contributed by atoms with Crippen molar-refractivity contribution in [3.05, 3.63) is 12.2 Å². The third-order valence-electron chi connectivity index (χ3n) is 5.36. The highest BCUT2D eigenvalue weighted by atomic mass is 16.2. The van der Waals surface area contributed by atoms with E-state index in [0.717, 1.165) is 19.3 Å². The van der Waals surface area contributed by atoms with Crippen molar-refractivity contribution in [3.8, 4) is 0 Å². The second-order valence-electron chi connectivity index (χ2n) is 6.85. The summed E-state index contributed by atoms with van der Waals surface area (Å²) in [6.07, 6.45) is 9.62. The summed E-state index contributed by atoms with van der Waals surface area (Å²) in [6, 6.07) is 0.179. The van der Waals surface area contributed by atoms with E-state index >= 15 is 0 Å². The van der Waals surface area contributed by atoms with Crippen molar-refractivity contribution in [3.63, 3.8) is 0 Å². The van der Waals surface area contributed by atoms with Crippen LogP contribution in [0.15, 0.2) is 12.2 Å². The van der Waals surface area contributed by atoms with Crippen molar-refractivity contribution in [2.24, 2.45) is 17.8 Å². The van der Waals surface area contributed by atoms with Gasteiger partial charge in [0.25, 0.3) is 0 Å². The summed E-state index contributed by atoms with van der Waals surface area (Å²) in [5.41, 5.74) is 0. The fraction of sp³-hybridized carbons (Fsp3) is 0.706. The Hall–Kier alpha value is -1.65. The molecule has 2 aliphatic carbocycles. The van der Waals surface area contributed by atoms with Gasteiger partial charge in [-0.05, 0) is 31.6 Å². The fourth-order valence-electron chi connectivity index (χ4n) is 3.95. The molecule has 3 aliphatic rings. The molecule has 1 saturated carbocycles. The number of allylic oxidation sites excluding steroid dienone is 2. The quantitative estimate of drug-likeness (QED) is 0.636. The smallest absolute Gasteiger partial charge is 0.240 e. The molecule has 22 heavy (non-hydrogen) atoms. The van der Waals surface area contributed by atoms with Crippen molar-refractivity contribution in [1.82, 2.24) is 10.2 Å². The molecule has 1 aliphatic heterocycles. The van der Waals surface area contributed by atoms with Crippen molar-refractivity contribution >= 4 is 17.7 Å². The third kappa shape index (κ3) is 2.81. The van der Waals surface area contributed by atoms with Gasteiger partial charge in [-0.25, -0.2) is 0 Å². The molecule has 0 aromatic rings. The molecule has 4 atom stereocenters. The Bertz CT molecular complexity index is 488. The molecule has 5 nitrogen and oxygen atoms in total. The van der Waals surface area contributed by atoms with E-state index in [9.17, 15) is 14.4 Å². The lowest BCUT2D eigenvalue weighted by molar-refractivity contribution is -0.143. The van der Waals surface area contributed by atoms with Gasteiger partial charge in [0, 0.05) is 6.04 Å². The van der Waals surface area contributed by atoms with Gasteiger partial charge in [0.05, 0.1) is 11.8 Å². The van der Waals surface area contributed by atoms with E-state index in [0.29, 0.717) is 18.8 Å². The topological polar surface area (TPSA) is 66.5 Å². The predicted octanol–water partition coefficient (Wildman–Crippen LogP) is 1.63. The Labute approximate surface area is 131 Å². The van der Waals surface area contributed by atoms with Crippen molar-refractivity contribution in [1.29, 1.82) is 0 Å². The molecule has 5 heteroatoms. The summed E-state index contributed by atoms with van der Waals surface area (Å²) in [5, 5.41) is 3.02. The molecule has 2 fully saturated rings. The van der Waals surface area contributed by atoms with Crippen molar-refractivity contribution in [2.75, 3.05) is 6.54 Å². The largest absolute Gasteiger partial charge is 0.352 e. The lowest BCUT2D eigenvalue weighted by atomic mass is 9.85. The van der Waals surface area contributed by atoms with Crippen LogP contribution in [0.1, 0.15) is 45.4 Å². The molecule has 0 bridgehead atoms. The number of hydrogen-bond acceptors (Lipinski definition) is 3. The van der Waals surface area contributed by atoms with E-state index in [2.05, 4.69) is 12.2 Å². The molecule has 0 aromatic heterocycles. The zero-order valence-electron chi connectivity index (χ0n) is 13.1. The summed E-state index contributed by atoms with van der Waals surface area (Å²) in [7, 11) is 0. The van der Waals surface area contributed by atoms with E-state index in [1.165, 1.54) is 11.3 Å². The minimum Gasteiger partial charge on any atom is -0.352 e. The molecule has 3 rings (SSSR count). The molecule has 0 unspecified atom stereocenters. The zero-order valence-corrected chi connectivity index (χ0v) is 13.1. The normalized spacial score (nSPS) is 34.7. The highest BCUT2D eigenvalue weighted by Crippen LogP contribution is 2.34. The number of nitrogens with zero attached hydrogens (tertiary/aromatic N) is 1. The monoisotopic (exact) mass is 304 g/mol. The van der Waals surface area contributed by atoms with Crippen LogP contribution in [-0.2, 0) is 14.4 Å². The van der Waals surface area contributed by atoms with Crippen molar-refractivity contribution < 1.29 is 14.4 Å². The second kappa shape index (κ2) is 6.23. The van der Waals surface area contributed by atoms with Crippen LogP contribution in [0.5, 0.6) is 0 Å². The van der Waals surface area contributed by atoms with Gasteiger partial charge in [0.1, 0.15) is 6.54 Å². The van der Waals surface area contributed by atoms with E-state index in [1.807, 2.05) is 12.2 Å². The Morgan fingerprint density at radius 2 is 1.73 bits per heavy atom. The number of imide groups is 1. The minimum atomic E-state index is -0.251. The predicted molar refractivity (Wildman–Crippen MR) is 81.6 cm³/mol. The first-order valence-electron chi connectivity index (χ1n) is 8.37. The van der Waals surface area contributed by atoms with Gasteiger partial charge in [-0.1, -0.05) is 31.9 Å². The van der Waals surface area contributed by atoms with Gasteiger partial charge < -0.3 is 5.32 Å². The maximum Gasteiger partial charge on any atom is 0.240 e. The number of carbonyl (C=O) groups excluding carboxylic acids is 3. The van der Waals surface area contributed by atoms with Crippen LogP contribution < -0.4 is 5.32 Å². The maximum absolute atomic E-state index is 12.3. The summed E-state index contributed by atoms with van der Waals surface area (Å²) < 4.78 is 0. The first-order chi connectivity index (χ1) is 10.6. The molecule has 3 amide bonds. The number of likely N-dealkylation sites (tertiary alicyclic amines) is 1. The molecule has 1 heterocycles. The van der Waals surface area contributed by atoms with Crippen LogP contribution in [0.25, 0.3) is 0 Å². The van der Waals surface area contributed by atoms with Gasteiger partial charge >= 0.3 is 0 Å². The van der Waals surface area contributed by atoms with Crippen LogP contribution in [0, 0.1) is 17.8 Å². The number of hydrogen-bond donors (Lipinski definition) is 1. The first kappa shape index (κ1) is 15.3. The summed E-state index contributed by atoms with van der Waals surface area (Å²) in [4.78, 5) is 38.1. The number of amides is 3.